The van der Waals surface area contributed by atoms with Crippen LogP contribution in [0.5, 0.6) is 0 Å². The van der Waals surface area contributed by atoms with E-state index in [9.17, 15) is 13.2 Å². The molecule has 2 saturated heterocycles. The van der Waals surface area contributed by atoms with Crippen molar-refractivity contribution in [1.29, 1.82) is 0 Å². The summed E-state index contributed by atoms with van der Waals surface area (Å²) in [5, 5.41) is 3.58. The van der Waals surface area contributed by atoms with Crippen LogP contribution in [0.1, 0.15) is 12.8 Å². The van der Waals surface area contributed by atoms with E-state index < -0.39 is 10.0 Å². The summed E-state index contributed by atoms with van der Waals surface area (Å²) >= 11 is 6.29. The highest BCUT2D eigenvalue weighted by molar-refractivity contribution is 7.89. The van der Waals surface area contributed by atoms with Crippen molar-refractivity contribution in [3.05, 3.63) is 53.6 Å². The lowest BCUT2D eigenvalue weighted by Crippen LogP contribution is -2.48. The number of nitrogens with one attached hydrogen (secondary N) is 1. The largest absolute Gasteiger partial charge is 0.368 e. The van der Waals surface area contributed by atoms with Crippen molar-refractivity contribution in [1.82, 2.24) is 9.21 Å². The van der Waals surface area contributed by atoms with Crippen molar-refractivity contribution in [3.63, 3.8) is 0 Å². The molecule has 0 radical (unpaired) electrons. The molecule has 2 aromatic carbocycles. The fourth-order valence-electron chi connectivity index (χ4n) is 4.07. The van der Waals surface area contributed by atoms with Crippen molar-refractivity contribution in [2.24, 2.45) is 0 Å². The Kier molecular flexibility index (Phi) is 6.81. The number of carbonyl (C=O) groups is 1. The molecular weight excluding hydrogens is 436 g/mol. The summed E-state index contributed by atoms with van der Waals surface area (Å²) in [7, 11) is -3.50. The Morgan fingerprint density at radius 2 is 1.65 bits per heavy atom. The maximum Gasteiger partial charge on any atom is 0.243 e. The number of hydrogen-bond donors (Lipinski definition) is 1. The Bertz CT molecular complexity index is 1030. The molecule has 2 heterocycles. The lowest BCUT2D eigenvalue weighted by Gasteiger charge is -2.36. The molecule has 2 fully saturated rings. The van der Waals surface area contributed by atoms with E-state index in [0.29, 0.717) is 18.8 Å². The molecule has 1 amide bonds. The zero-order valence-electron chi connectivity index (χ0n) is 17.3. The SMILES string of the molecule is O=C(CN1CCN(c2ccccc2Cl)CC1)Nc1cccc(S(=O)(=O)N2CCCC2)c1. The summed E-state index contributed by atoms with van der Waals surface area (Å²) in [4.78, 5) is 17.1. The highest BCUT2D eigenvalue weighted by atomic mass is 35.5. The molecule has 0 aromatic heterocycles. The third-order valence-corrected chi connectivity index (χ3v) is 7.97. The average molecular weight is 463 g/mol. The molecule has 31 heavy (non-hydrogen) atoms. The van der Waals surface area contributed by atoms with E-state index in [1.54, 1.807) is 24.3 Å². The lowest BCUT2D eigenvalue weighted by molar-refractivity contribution is -0.117. The number of piperazine rings is 1. The van der Waals surface area contributed by atoms with Gasteiger partial charge in [0.1, 0.15) is 0 Å². The minimum absolute atomic E-state index is 0.151. The van der Waals surface area contributed by atoms with Crippen LogP contribution in [-0.2, 0) is 14.8 Å². The van der Waals surface area contributed by atoms with E-state index >= 15 is 0 Å². The molecule has 0 atom stereocenters. The first kappa shape index (κ1) is 22.1. The van der Waals surface area contributed by atoms with Crippen LogP contribution in [0.3, 0.4) is 0 Å². The predicted molar refractivity (Wildman–Crippen MR) is 123 cm³/mol. The van der Waals surface area contributed by atoms with Gasteiger partial charge in [0.05, 0.1) is 22.2 Å². The first-order chi connectivity index (χ1) is 14.9. The van der Waals surface area contributed by atoms with Crippen molar-refractivity contribution in [3.8, 4) is 0 Å². The van der Waals surface area contributed by atoms with Gasteiger partial charge < -0.3 is 10.2 Å². The topological polar surface area (TPSA) is 73.0 Å². The molecule has 9 heteroatoms. The number of para-hydroxylation sites is 1. The van der Waals surface area contributed by atoms with Gasteiger partial charge in [0.25, 0.3) is 0 Å². The number of benzene rings is 2. The van der Waals surface area contributed by atoms with Crippen molar-refractivity contribution in [2.45, 2.75) is 17.7 Å². The second kappa shape index (κ2) is 9.56. The molecule has 4 rings (SSSR count). The van der Waals surface area contributed by atoms with Crippen LogP contribution in [0.15, 0.2) is 53.4 Å². The van der Waals surface area contributed by atoms with Crippen LogP contribution in [-0.4, -0.2) is 69.3 Å². The summed E-state index contributed by atoms with van der Waals surface area (Å²) < 4.78 is 27.0. The molecule has 7 nitrogen and oxygen atoms in total. The number of sulfonamides is 1. The second-order valence-corrected chi connectivity index (χ2v) is 10.2. The summed E-state index contributed by atoms with van der Waals surface area (Å²) in [5.41, 5.74) is 1.52. The fourth-order valence-corrected chi connectivity index (χ4v) is 5.89. The predicted octanol–water partition coefficient (Wildman–Crippen LogP) is 2.89. The molecule has 0 spiro atoms. The van der Waals surface area contributed by atoms with Crippen LogP contribution in [0.4, 0.5) is 11.4 Å². The third kappa shape index (κ3) is 5.20. The van der Waals surface area contributed by atoms with E-state index in [2.05, 4.69) is 15.1 Å². The number of nitrogens with zero attached hydrogens (tertiary/aromatic N) is 3. The number of amides is 1. The Morgan fingerprint density at radius 3 is 2.35 bits per heavy atom. The highest BCUT2D eigenvalue weighted by Crippen LogP contribution is 2.26. The normalized spacial score (nSPS) is 18.3. The first-order valence-electron chi connectivity index (χ1n) is 10.6. The Labute approximate surface area is 188 Å². The maximum atomic E-state index is 12.8. The highest BCUT2D eigenvalue weighted by Gasteiger charge is 2.27. The van der Waals surface area contributed by atoms with Gasteiger partial charge in [-0.3, -0.25) is 9.69 Å². The van der Waals surface area contributed by atoms with Gasteiger partial charge in [0.15, 0.2) is 0 Å². The van der Waals surface area contributed by atoms with E-state index in [-0.39, 0.29) is 17.3 Å². The number of hydrogen-bond acceptors (Lipinski definition) is 5. The number of rotatable bonds is 6. The fraction of sp³-hybridized carbons (Fsp3) is 0.409. The molecular formula is C22H27ClN4O3S. The molecule has 0 saturated carbocycles. The van der Waals surface area contributed by atoms with Gasteiger partial charge in [-0.2, -0.15) is 4.31 Å². The van der Waals surface area contributed by atoms with Crippen LogP contribution >= 0.6 is 11.6 Å². The number of carbonyl (C=O) groups excluding carboxylic acids is 1. The van der Waals surface area contributed by atoms with E-state index in [4.69, 9.17) is 11.6 Å². The van der Waals surface area contributed by atoms with Crippen LogP contribution in [0.25, 0.3) is 0 Å². The monoisotopic (exact) mass is 462 g/mol. The van der Waals surface area contributed by atoms with Crippen molar-refractivity contribution < 1.29 is 13.2 Å². The van der Waals surface area contributed by atoms with Gasteiger partial charge >= 0.3 is 0 Å². The van der Waals surface area contributed by atoms with E-state index in [1.807, 2.05) is 24.3 Å². The molecule has 0 unspecified atom stereocenters. The molecule has 2 aromatic rings. The molecule has 2 aliphatic heterocycles. The maximum absolute atomic E-state index is 12.8. The summed E-state index contributed by atoms with van der Waals surface area (Å²) in [6, 6.07) is 14.3. The van der Waals surface area contributed by atoms with Gasteiger partial charge in [-0.25, -0.2) is 8.42 Å². The zero-order valence-corrected chi connectivity index (χ0v) is 18.9. The summed E-state index contributed by atoms with van der Waals surface area (Å²) in [6.45, 7) is 4.46. The van der Waals surface area contributed by atoms with Crippen molar-refractivity contribution in [2.75, 3.05) is 56.0 Å². The Hall–Kier alpha value is -2.13. The molecule has 2 aliphatic rings. The second-order valence-electron chi connectivity index (χ2n) is 7.90. The van der Waals surface area contributed by atoms with E-state index in [0.717, 1.165) is 49.7 Å². The standard InChI is InChI=1S/C22H27ClN4O3S/c23-20-8-1-2-9-21(20)26-14-12-25(13-15-26)17-22(28)24-18-6-5-7-19(16-18)31(29,30)27-10-3-4-11-27/h1-2,5-9,16H,3-4,10-15,17H2,(H,24,28). The van der Waals surface area contributed by atoms with Gasteiger partial charge in [-0.15, -0.1) is 0 Å². The number of halogens is 1. The Balaban J connectivity index is 1.32. The molecule has 166 valence electrons. The lowest BCUT2D eigenvalue weighted by atomic mass is 10.2. The first-order valence-corrected chi connectivity index (χ1v) is 12.4. The van der Waals surface area contributed by atoms with Crippen LogP contribution in [0, 0.1) is 0 Å². The van der Waals surface area contributed by atoms with Gasteiger partial charge in [-0.05, 0) is 43.2 Å². The van der Waals surface area contributed by atoms with E-state index in [1.165, 1.54) is 4.31 Å². The van der Waals surface area contributed by atoms with Crippen LogP contribution < -0.4 is 10.2 Å². The molecule has 1 N–H and O–H groups in total. The number of anilines is 2. The van der Waals surface area contributed by atoms with Crippen LogP contribution in [0.2, 0.25) is 5.02 Å². The Morgan fingerprint density at radius 1 is 0.935 bits per heavy atom. The zero-order chi connectivity index (χ0) is 21.8. The molecule has 0 aliphatic carbocycles. The molecule has 0 bridgehead atoms. The summed E-state index contributed by atoms with van der Waals surface area (Å²) in [5.74, 6) is -0.151. The smallest absolute Gasteiger partial charge is 0.243 e. The van der Waals surface area contributed by atoms with Gasteiger partial charge in [0, 0.05) is 45.0 Å². The average Bonchev–Trinajstić information content (AvgIpc) is 3.31. The summed E-state index contributed by atoms with van der Waals surface area (Å²) in [6.07, 6.45) is 1.78. The van der Waals surface area contributed by atoms with Gasteiger partial charge in [0.2, 0.25) is 15.9 Å². The minimum atomic E-state index is -3.50. The quantitative estimate of drug-likeness (QED) is 0.714. The minimum Gasteiger partial charge on any atom is -0.368 e. The van der Waals surface area contributed by atoms with Gasteiger partial charge in [-0.1, -0.05) is 29.8 Å². The third-order valence-electron chi connectivity index (χ3n) is 5.75. The van der Waals surface area contributed by atoms with Crippen molar-refractivity contribution >= 4 is 38.9 Å².